The number of methoxy groups -OCH3 is 1. The number of halogens is 1. The summed E-state index contributed by atoms with van der Waals surface area (Å²) in [5.74, 6) is 0.00888. The van der Waals surface area contributed by atoms with Gasteiger partial charge in [-0.1, -0.05) is 13.3 Å². The first-order valence-electron chi connectivity index (χ1n) is 17.0. The molecule has 2 aromatic rings. The van der Waals surface area contributed by atoms with E-state index in [4.69, 9.17) is 19.6 Å². The van der Waals surface area contributed by atoms with Crippen LogP contribution in [0.25, 0.3) is 11.0 Å². The summed E-state index contributed by atoms with van der Waals surface area (Å²) < 4.78 is 29.5. The van der Waals surface area contributed by atoms with Gasteiger partial charge in [0.05, 0.1) is 19.4 Å². The lowest BCUT2D eigenvalue weighted by molar-refractivity contribution is -0.142. The fraction of sp³-hybridized carbons (Fsp3) is 0.686. The number of likely N-dealkylation sites (tertiary alicyclic amines) is 1. The van der Waals surface area contributed by atoms with E-state index in [-0.39, 0.29) is 47.5 Å². The molecule has 10 heteroatoms. The third kappa shape index (κ3) is 7.88. The van der Waals surface area contributed by atoms with Gasteiger partial charge in [0.2, 0.25) is 17.6 Å². The molecule has 3 N–H and O–H groups in total. The van der Waals surface area contributed by atoms with Crippen LogP contribution in [-0.4, -0.2) is 67.8 Å². The first-order valence-corrected chi connectivity index (χ1v) is 17.0. The average Bonchev–Trinajstić information content (AvgIpc) is 3.70. The van der Waals surface area contributed by atoms with Gasteiger partial charge in [0.25, 0.3) is 0 Å². The summed E-state index contributed by atoms with van der Waals surface area (Å²) in [6.07, 6.45) is 10.1. The Hall–Kier alpha value is -2.98. The Kier molecular flexibility index (Phi) is 11.5. The number of fused-ring (bicyclic) bond motifs is 1. The van der Waals surface area contributed by atoms with Gasteiger partial charge >= 0.3 is 5.97 Å². The highest BCUT2D eigenvalue weighted by molar-refractivity contribution is 6.00. The molecule has 1 aromatic carbocycles. The molecule has 0 spiro atoms. The summed E-state index contributed by atoms with van der Waals surface area (Å²) in [5, 5.41) is 3.79. The SMILES string of the molecule is CCCCOC(=O)c1cc2cc(NC(=O)[C@@H]3[C@H](C4CCC(OC)CC4)CCN3C(=O)[C@H]3CC[C@H]([C@H](N)CCF)CC3)ccc2o1. The van der Waals surface area contributed by atoms with E-state index in [0.717, 1.165) is 70.6 Å². The molecule has 0 radical (unpaired) electrons. The van der Waals surface area contributed by atoms with Crippen LogP contribution in [0.3, 0.4) is 0 Å². The number of amides is 2. The number of benzene rings is 1. The van der Waals surface area contributed by atoms with Gasteiger partial charge in [-0.3, -0.25) is 14.0 Å². The first-order chi connectivity index (χ1) is 21.8. The third-order valence-electron chi connectivity index (χ3n) is 10.5. The molecular weight excluding hydrogens is 577 g/mol. The topological polar surface area (TPSA) is 124 Å². The van der Waals surface area contributed by atoms with E-state index in [2.05, 4.69) is 5.32 Å². The molecule has 1 aromatic heterocycles. The lowest BCUT2D eigenvalue weighted by Crippen LogP contribution is -2.50. The minimum Gasteiger partial charge on any atom is -0.460 e. The largest absolute Gasteiger partial charge is 0.460 e. The van der Waals surface area contributed by atoms with E-state index in [0.29, 0.717) is 42.1 Å². The average molecular weight is 628 g/mol. The maximum absolute atomic E-state index is 14.1. The van der Waals surface area contributed by atoms with Crippen molar-refractivity contribution in [3.05, 3.63) is 30.0 Å². The highest BCUT2D eigenvalue weighted by atomic mass is 19.1. The Morgan fingerprint density at radius 2 is 1.82 bits per heavy atom. The molecule has 2 saturated carbocycles. The number of hydrogen-bond donors (Lipinski definition) is 2. The Balaban J connectivity index is 1.30. The Labute approximate surface area is 265 Å². The third-order valence-corrected chi connectivity index (χ3v) is 10.5. The van der Waals surface area contributed by atoms with Gasteiger partial charge in [-0.25, -0.2) is 4.79 Å². The number of carbonyl (C=O) groups is 3. The van der Waals surface area contributed by atoms with Gasteiger partial charge in [-0.2, -0.15) is 0 Å². The number of ether oxygens (including phenoxy) is 2. The van der Waals surface area contributed by atoms with Crippen molar-refractivity contribution in [2.75, 3.05) is 32.3 Å². The second-order valence-corrected chi connectivity index (χ2v) is 13.3. The highest BCUT2D eigenvalue weighted by Crippen LogP contribution is 2.42. The number of nitrogens with two attached hydrogens (primary N) is 1. The lowest BCUT2D eigenvalue weighted by atomic mass is 9.75. The standard InChI is InChI=1S/C35H50FN3O6/c1-3-4-19-44-35(42)31-21-25-20-26(11-14-30(25)45-31)38-33(40)32-28(22-9-12-27(43-2)13-10-22)16-18-39(32)34(41)24-7-5-23(6-8-24)29(37)15-17-36/h11,14,20-24,27-29,32H,3-10,12-13,15-19,37H2,1-2H3,(H,38,40)/t22?,23-,24-,27?,28-,29+,32-/m0/s1. The molecule has 1 aliphatic heterocycles. The van der Waals surface area contributed by atoms with Gasteiger partial charge in [-0.05, 0) is 113 Å². The molecule has 0 bridgehead atoms. The normalized spacial score (nSPS) is 27.8. The maximum atomic E-state index is 14.1. The Morgan fingerprint density at radius 1 is 1.07 bits per heavy atom. The number of carbonyl (C=O) groups excluding carboxylic acids is 3. The number of nitrogens with one attached hydrogen (secondary N) is 1. The number of alkyl halides is 1. The van der Waals surface area contributed by atoms with Crippen LogP contribution in [0.1, 0.15) is 94.5 Å². The van der Waals surface area contributed by atoms with E-state index >= 15 is 0 Å². The van der Waals surface area contributed by atoms with Crippen molar-refractivity contribution < 1.29 is 32.7 Å². The molecule has 5 rings (SSSR count). The van der Waals surface area contributed by atoms with Gasteiger partial charge in [-0.15, -0.1) is 0 Å². The molecule has 2 aliphatic carbocycles. The number of unbranched alkanes of at least 4 members (excludes halogenated alkanes) is 1. The van der Waals surface area contributed by atoms with Gasteiger partial charge in [0.1, 0.15) is 11.6 Å². The molecule has 0 unspecified atom stereocenters. The van der Waals surface area contributed by atoms with Crippen LogP contribution in [0.5, 0.6) is 0 Å². The first kappa shape index (κ1) is 33.4. The fourth-order valence-corrected chi connectivity index (χ4v) is 7.85. The van der Waals surface area contributed by atoms with Crippen molar-refractivity contribution in [1.82, 2.24) is 4.90 Å². The van der Waals surface area contributed by atoms with Crippen molar-refractivity contribution in [3.63, 3.8) is 0 Å². The summed E-state index contributed by atoms with van der Waals surface area (Å²) in [6, 6.07) is 6.20. The number of rotatable bonds is 12. The van der Waals surface area contributed by atoms with Gasteiger partial charge in [0, 0.05) is 36.7 Å². The van der Waals surface area contributed by atoms with Crippen molar-refractivity contribution >= 4 is 34.4 Å². The number of anilines is 1. The van der Waals surface area contributed by atoms with Crippen LogP contribution in [0.15, 0.2) is 28.7 Å². The number of hydrogen-bond acceptors (Lipinski definition) is 7. The summed E-state index contributed by atoms with van der Waals surface area (Å²) in [5.41, 5.74) is 7.32. The van der Waals surface area contributed by atoms with Crippen LogP contribution in [0.2, 0.25) is 0 Å². The molecule has 3 aliphatic rings. The Morgan fingerprint density at radius 3 is 2.51 bits per heavy atom. The smallest absolute Gasteiger partial charge is 0.374 e. The molecule has 2 amide bonds. The molecule has 45 heavy (non-hydrogen) atoms. The van der Waals surface area contributed by atoms with E-state index in [1.807, 2.05) is 11.8 Å². The molecule has 9 nitrogen and oxygen atoms in total. The summed E-state index contributed by atoms with van der Waals surface area (Å²) in [6.45, 7) is 2.52. The van der Waals surface area contributed by atoms with Crippen LogP contribution in [0.4, 0.5) is 10.1 Å². The number of esters is 1. The summed E-state index contributed by atoms with van der Waals surface area (Å²) in [7, 11) is 1.76. The lowest BCUT2D eigenvalue weighted by Gasteiger charge is -2.37. The summed E-state index contributed by atoms with van der Waals surface area (Å²) >= 11 is 0. The molecule has 2 heterocycles. The van der Waals surface area contributed by atoms with Crippen LogP contribution in [0, 0.1) is 23.7 Å². The second-order valence-electron chi connectivity index (χ2n) is 13.3. The van der Waals surface area contributed by atoms with E-state index in [1.54, 1.807) is 31.4 Å². The number of nitrogens with zero attached hydrogens (tertiary/aromatic N) is 1. The molecule has 248 valence electrons. The zero-order valence-electron chi connectivity index (χ0n) is 26.8. The minimum atomic E-state index is -0.558. The van der Waals surface area contributed by atoms with E-state index in [1.165, 1.54) is 0 Å². The van der Waals surface area contributed by atoms with Crippen molar-refractivity contribution in [1.29, 1.82) is 0 Å². The van der Waals surface area contributed by atoms with Crippen molar-refractivity contribution in [3.8, 4) is 0 Å². The van der Waals surface area contributed by atoms with Crippen molar-refractivity contribution in [2.24, 2.45) is 29.4 Å². The second kappa shape index (κ2) is 15.5. The maximum Gasteiger partial charge on any atom is 0.374 e. The predicted molar refractivity (Wildman–Crippen MR) is 170 cm³/mol. The van der Waals surface area contributed by atoms with Crippen molar-refractivity contribution in [2.45, 2.75) is 102 Å². The van der Waals surface area contributed by atoms with Gasteiger partial charge < -0.3 is 29.8 Å². The zero-order valence-corrected chi connectivity index (χ0v) is 26.8. The fourth-order valence-electron chi connectivity index (χ4n) is 7.85. The van der Waals surface area contributed by atoms with E-state index < -0.39 is 18.7 Å². The molecule has 3 fully saturated rings. The quantitative estimate of drug-likeness (QED) is 0.211. The zero-order chi connectivity index (χ0) is 31.9. The van der Waals surface area contributed by atoms with E-state index in [9.17, 15) is 18.8 Å². The highest BCUT2D eigenvalue weighted by Gasteiger charge is 2.47. The minimum absolute atomic E-state index is 0.0530. The Bertz CT molecular complexity index is 1300. The molecule has 3 atom stereocenters. The molecular formula is C35H50FN3O6. The van der Waals surface area contributed by atoms with Crippen LogP contribution in [-0.2, 0) is 19.1 Å². The van der Waals surface area contributed by atoms with Crippen LogP contribution >= 0.6 is 0 Å². The monoisotopic (exact) mass is 627 g/mol. The predicted octanol–water partition coefficient (Wildman–Crippen LogP) is 6.24. The van der Waals surface area contributed by atoms with Crippen LogP contribution < -0.4 is 11.1 Å². The summed E-state index contributed by atoms with van der Waals surface area (Å²) in [4.78, 5) is 42.4. The van der Waals surface area contributed by atoms with Gasteiger partial charge in [0.15, 0.2) is 0 Å². The number of furan rings is 1. The molecule has 1 saturated heterocycles.